The third-order valence-electron chi connectivity index (χ3n) is 3.06. The van der Waals surface area contributed by atoms with Crippen LogP contribution in [0.2, 0.25) is 0 Å². The first-order valence-electron chi connectivity index (χ1n) is 6.94. The number of aliphatic carboxylic acids is 1. The van der Waals surface area contributed by atoms with Crippen LogP contribution in [0.4, 0.5) is 4.79 Å². The van der Waals surface area contributed by atoms with Gasteiger partial charge < -0.3 is 15.7 Å². The van der Waals surface area contributed by atoms with E-state index in [0.717, 1.165) is 11.3 Å². The van der Waals surface area contributed by atoms with E-state index in [4.69, 9.17) is 5.11 Å². The number of nitrogens with one attached hydrogen (secondary N) is 2. The Bertz CT molecular complexity index is 517. The van der Waals surface area contributed by atoms with Crippen LogP contribution in [0.15, 0.2) is 6.20 Å². The lowest BCUT2D eigenvalue weighted by molar-refractivity contribution is -0.136. The summed E-state index contributed by atoms with van der Waals surface area (Å²) >= 11 is 0. The van der Waals surface area contributed by atoms with Crippen molar-refractivity contribution in [3.63, 3.8) is 0 Å². The van der Waals surface area contributed by atoms with Crippen molar-refractivity contribution in [2.24, 2.45) is 0 Å². The van der Waals surface area contributed by atoms with Gasteiger partial charge in [0.1, 0.15) is 0 Å². The summed E-state index contributed by atoms with van der Waals surface area (Å²) in [5, 5.41) is 18.3. The highest BCUT2D eigenvalue weighted by Gasteiger charge is 2.20. The van der Waals surface area contributed by atoms with Gasteiger partial charge in [0.2, 0.25) is 0 Å². The Morgan fingerprint density at radius 3 is 2.52 bits per heavy atom. The molecule has 0 spiro atoms. The van der Waals surface area contributed by atoms with Crippen LogP contribution in [0.5, 0.6) is 0 Å². The second-order valence-electron chi connectivity index (χ2n) is 6.05. The second-order valence-corrected chi connectivity index (χ2v) is 6.05. The molecule has 0 aliphatic heterocycles. The van der Waals surface area contributed by atoms with E-state index in [1.807, 2.05) is 24.7 Å². The highest BCUT2D eigenvalue weighted by molar-refractivity contribution is 5.75. The van der Waals surface area contributed by atoms with Crippen LogP contribution in [0, 0.1) is 6.92 Å². The number of hydrogen-bond donors (Lipinski definition) is 3. The number of hydrogen-bond acceptors (Lipinski definition) is 3. The minimum Gasteiger partial charge on any atom is -0.481 e. The minimum atomic E-state index is -0.939. The van der Waals surface area contributed by atoms with Crippen LogP contribution in [0.1, 0.15) is 51.4 Å². The standard InChI is InChI=1S/C14H24N4O3/c1-9(16-13(21)15-7-6-12(19)20)11-8-18(14(3,4)5)17-10(11)2/h8-9H,6-7H2,1-5H3,(H,19,20)(H2,15,16,21). The zero-order valence-corrected chi connectivity index (χ0v) is 13.2. The predicted molar refractivity (Wildman–Crippen MR) is 79.2 cm³/mol. The highest BCUT2D eigenvalue weighted by atomic mass is 16.4. The minimum absolute atomic E-state index is 0.0945. The predicted octanol–water partition coefficient (Wildman–Crippen LogP) is 1.78. The normalized spacial score (nSPS) is 12.8. The third-order valence-corrected chi connectivity index (χ3v) is 3.06. The van der Waals surface area contributed by atoms with E-state index >= 15 is 0 Å². The van der Waals surface area contributed by atoms with Crippen molar-refractivity contribution < 1.29 is 14.7 Å². The Hall–Kier alpha value is -2.05. The molecule has 1 atom stereocenters. The highest BCUT2D eigenvalue weighted by Crippen LogP contribution is 2.20. The van der Waals surface area contributed by atoms with E-state index in [-0.39, 0.29) is 30.6 Å². The van der Waals surface area contributed by atoms with Crippen LogP contribution in [0.3, 0.4) is 0 Å². The summed E-state index contributed by atoms with van der Waals surface area (Å²) < 4.78 is 1.87. The van der Waals surface area contributed by atoms with Crippen LogP contribution in [-0.4, -0.2) is 33.4 Å². The van der Waals surface area contributed by atoms with Gasteiger partial charge in [0.25, 0.3) is 0 Å². The number of urea groups is 1. The van der Waals surface area contributed by atoms with Crippen molar-refractivity contribution >= 4 is 12.0 Å². The molecule has 1 aromatic heterocycles. The Morgan fingerprint density at radius 2 is 2.05 bits per heavy atom. The lowest BCUT2D eigenvalue weighted by atomic mass is 10.1. The van der Waals surface area contributed by atoms with Gasteiger partial charge in [0.05, 0.1) is 23.7 Å². The molecule has 0 aromatic carbocycles. The van der Waals surface area contributed by atoms with Gasteiger partial charge in [-0.1, -0.05) is 0 Å². The molecule has 0 fully saturated rings. The third kappa shape index (κ3) is 5.09. The van der Waals surface area contributed by atoms with Crippen molar-refractivity contribution in [1.29, 1.82) is 0 Å². The zero-order chi connectivity index (χ0) is 16.2. The molecule has 1 unspecified atom stereocenters. The molecular formula is C14H24N4O3. The fraction of sp³-hybridized carbons (Fsp3) is 0.643. The topological polar surface area (TPSA) is 96.3 Å². The number of amides is 2. The van der Waals surface area contributed by atoms with E-state index in [0.29, 0.717) is 0 Å². The average Bonchev–Trinajstić information content (AvgIpc) is 2.70. The smallest absolute Gasteiger partial charge is 0.315 e. The summed E-state index contributed by atoms with van der Waals surface area (Å²) in [6, 6.07) is -0.586. The molecule has 7 heteroatoms. The molecule has 21 heavy (non-hydrogen) atoms. The van der Waals surface area contributed by atoms with Crippen LogP contribution in [0.25, 0.3) is 0 Å². The summed E-state index contributed by atoms with van der Waals surface area (Å²) in [4.78, 5) is 22.1. The molecule has 0 bridgehead atoms. The van der Waals surface area contributed by atoms with Crippen LogP contribution in [-0.2, 0) is 10.3 Å². The SMILES string of the molecule is Cc1nn(C(C)(C)C)cc1C(C)NC(=O)NCCC(=O)O. The van der Waals surface area contributed by atoms with Gasteiger partial charge in [-0.3, -0.25) is 9.48 Å². The molecule has 0 saturated heterocycles. The zero-order valence-electron chi connectivity index (χ0n) is 13.2. The number of carbonyl (C=O) groups excluding carboxylic acids is 1. The largest absolute Gasteiger partial charge is 0.481 e. The number of carboxylic acid groups (broad SMARTS) is 1. The van der Waals surface area contributed by atoms with Gasteiger partial charge in [-0.05, 0) is 34.6 Å². The Balaban J connectivity index is 2.63. The van der Waals surface area contributed by atoms with Crippen molar-refractivity contribution in [3.8, 4) is 0 Å². The van der Waals surface area contributed by atoms with Gasteiger partial charge in [0.15, 0.2) is 0 Å². The first-order valence-corrected chi connectivity index (χ1v) is 6.94. The molecule has 1 heterocycles. The first-order chi connectivity index (χ1) is 9.61. The summed E-state index contributed by atoms with van der Waals surface area (Å²) in [7, 11) is 0. The number of aryl methyl sites for hydroxylation is 1. The first kappa shape index (κ1) is 17.0. The lowest BCUT2D eigenvalue weighted by Crippen LogP contribution is -2.38. The number of rotatable bonds is 5. The molecule has 0 aliphatic carbocycles. The molecule has 3 N–H and O–H groups in total. The van der Waals surface area contributed by atoms with Gasteiger partial charge in [-0.25, -0.2) is 4.79 Å². The molecule has 0 saturated carbocycles. The fourth-order valence-electron chi connectivity index (χ4n) is 1.85. The molecule has 7 nitrogen and oxygen atoms in total. The molecule has 118 valence electrons. The van der Waals surface area contributed by atoms with Crippen molar-refractivity contribution in [2.75, 3.05) is 6.54 Å². The van der Waals surface area contributed by atoms with Crippen LogP contribution >= 0.6 is 0 Å². The van der Waals surface area contributed by atoms with Crippen LogP contribution < -0.4 is 10.6 Å². The molecular weight excluding hydrogens is 272 g/mol. The summed E-state index contributed by atoms with van der Waals surface area (Å²) in [5.74, 6) is -0.939. The Morgan fingerprint density at radius 1 is 1.43 bits per heavy atom. The summed E-state index contributed by atoms with van der Waals surface area (Å²) in [6.07, 6.45) is 1.83. The quantitative estimate of drug-likeness (QED) is 0.771. The number of carbonyl (C=O) groups is 2. The number of nitrogens with zero attached hydrogens (tertiary/aromatic N) is 2. The number of carboxylic acids is 1. The number of aromatic nitrogens is 2. The van der Waals surface area contributed by atoms with Gasteiger partial charge >= 0.3 is 12.0 Å². The molecule has 1 rings (SSSR count). The van der Waals surface area contributed by atoms with Gasteiger partial charge in [0, 0.05) is 18.3 Å². The van der Waals surface area contributed by atoms with Gasteiger partial charge in [-0.2, -0.15) is 5.10 Å². The van der Waals surface area contributed by atoms with Gasteiger partial charge in [-0.15, -0.1) is 0 Å². The van der Waals surface area contributed by atoms with E-state index in [1.54, 1.807) is 0 Å². The lowest BCUT2D eigenvalue weighted by Gasteiger charge is -2.19. The summed E-state index contributed by atoms with van der Waals surface area (Å²) in [5.41, 5.74) is 1.69. The van der Waals surface area contributed by atoms with Crippen molar-refractivity contribution in [1.82, 2.24) is 20.4 Å². The molecule has 2 amide bonds. The fourth-order valence-corrected chi connectivity index (χ4v) is 1.85. The van der Waals surface area contributed by atoms with Crippen molar-refractivity contribution in [3.05, 3.63) is 17.5 Å². The van der Waals surface area contributed by atoms with E-state index in [2.05, 4.69) is 36.5 Å². The molecule has 1 aromatic rings. The summed E-state index contributed by atoms with van der Waals surface area (Å²) in [6.45, 7) is 10.0. The monoisotopic (exact) mass is 296 g/mol. The maximum absolute atomic E-state index is 11.7. The second kappa shape index (κ2) is 6.60. The maximum Gasteiger partial charge on any atom is 0.315 e. The van der Waals surface area contributed by atoms with E-state index in [1.165, 1.54) is 0 Å². The Labute approximate surface area is 124 Å². The average molecular weight is 296 g/mol. The Kier molecular flexibility index (Phi) is 5.34. The van der Waals surface area contributed by atoms with E-state index < -0.39 is 5.97 Å². The van der Waals surface area contributed by atoms with Crippen molar-refractivity contribution in [2.45, 2.75) is 52.6 Å². The molecule has 0 aliphatic rings. The van der Waals surface area contributed by atoms with E-state index in [9.17, 15) is 9.59 Å². The maximum atomic E-state index is 11.7. The molecule has 0 radical (unpaired) electrons.